The summed E-state index contributed by atoms with van der Waals surface area (Å²) in [5, 5.41) is 0.996. The molecule has 1 fully saturated rings. The molecule has 6 nitrogen and oxygen atoms in total. The van der Waals surface area contributed by atoms with Gasteiger partial charge >= 0.3 is 0 Å². The van der Waals surface area contributed by atoms with Gasteiger partial charge in [0.2, 0.25) is 12.7 Å². The van der Waals surface area contributed by atoms with E-state index in [1.54, 1.807) is 0 Å². The van der Waals surface area contributed by atoms with Gasteiger partial charge in [-0.2, -0.15) is 0 Å². The summed E-state index contributed by atoms with van der Waals surface area (Å²) in [4.78, 5) is 31.4. The second kappa shape index (κ2) is 8.93. The minimum absolute atomic E-state index is 0.0248. The number of hydrogen-bond acceptors (Lipinski definition) is 4. The lowest BCUT2D eigenvalue weighted by Gasteiger charge is -2.29. The number of amides is 1. The number of benzene rings is 2. The maximum Gasteiger partial charge on any atom is 0.253 e. The summed E-state index contributed by atoms with van der Waals surface area (Å²) in [6.45, 7) is 4.98. The van der Waals surface area contributed by atoms with Crippen molar-refractivity contribution in [3.8, 4) is 11.5 Å². The first kappa shape index (κ1) is 21.6. The number of aromatic amines is 1. The topological polar surface area (TPSA) is 71.6 Å². The normalized spacial score (nSPS) is 15.7. The van der Waals surface area contributed by atoms with E-state index < -0.39 is 0 Å². The Morgan fingerprint density at radius 3 is 2.61 bits per heavy atom. The molecular weight excluding hydrogens is 416 g/mol. The van der Waals surface area contributed by atoms with Crippen LogP contribution in [0.2, 0.25) is 0 Å². The van der Waals surface area contributed by atoms with Crippen LogP contribution in [0.5, 0.6) is 11.5 Å². The number of rotatable bonds is 5. The molecule has 33 heavy (non-hydrogen) atoms. The number of hydrogen-bond donors (Lipinski definition) is 1. The van der Waals surface area contributed by atoms with E-state index in [1.807, 2.05) is 36.1 Å². The van der Waals surface area contributed by atoms with Gasteiger partial charge in [0, 0.05) is 18.0 Å². The summed E-state index contributed by atoms with van der Waals surface area (Å²) in [5.74, 6) is 1.58. The van der Waals surface area contributed by atoms with Crippen molar-refractivity contribution in [3.63, 3.8) is 0 Å². The molecule has 1 amide bonds. The first-order valence-electron chi connectivity index (χ1n) is 11.8. The molecule has 1 saturated carbocycles. The summed E-state index contributed by atoms with van der Waals surface area (Å²) in [6, 6.07) is 11.9. The van der Waals surface area contributed by atoms with Crippen molar-refractivity contribution in [3.05, 3.63) is 69.0 Å². The molecule has 2 aliphatic rings. The summed E-state index contributed by atoms with van der Waals surface area (Å²) in [5.41, 5.74) is 4.49. The molecule has 0 spiro atoms. The SMILES string of the molecule is Cc1cc(C)c2[nH]c(=O)c(CN(Cc3ccc4c(c3)OCO4)C(=O)C3CCCCC3)cc2c1. The first-order chi connectivity index (χ1) is 16.0. The summed E-state index contributed by atoms with van der Waals surface area (Å²) >= 11 is 0. The van der Waals surface area contributed by atoms with E-state index in [9.17, 15) is 9.59 Å². The maximum atomic E-state index is 13.6. The number of carbonyl (C=O) groups is 1. The van der Waals surface area contributed by atoms with E-state index >= 15 is 0 Å². The highest BCUT2D eigenvalue weighted by Crippen LogP contribution is 2.33. The standard InChI is InChI=1S/C27H30N2O4/c1-17-10-18(2)25-21(11-17)13-22(26(30)28-25)15-29(27(31)20-6-4-3-5-7-20)14-19-8-9-23-24(12-19)33-16-32-23/h8-13,20H,3-7,14-16H2,1-2H3,(H,28,30). The zero-order valence-electron chi connectivity index (χ0n) is 19.3. The van der Waals surface area contributed by atoms with Gasteiger partial charge in [-0.05, 0) is 67.5 Å². The molecule has 0 radical (unpaired) electrons. The second-order valence-electron chi connectivity index (χ2n) is 9.39. The lowest BCUT2D eigenvalue weighted by Crippen LogP contribution is -2.37. The van der Waals surface area contributed by atoms with Crippen molar-refractivity contribution >= 4 is 16.8 Å². The van der Waals surface area contributed by atoms with Gasteiger partial charge in [0.1, 0.15) is 0 Å². The van der Waals surface area contributed by atoms with Gasteiger partial charge in [0.15, 0.2) is 11.5 Å². The molecule has 172 valence electrons. The Morgan fingerprint density at radius 2 is 1.79 bits per heavy atom. The molecule has 1 aliphatic heterocycles. The van der Waals surface area contributed by atoms with Crippen molar-refractivity contribution in [2.24, 2.45) is 5.92 Å². The van der Waals surface area contributed by atoms with Crippen LogP contribution in [0.1, 0.15) is 54.4 Å². The lowest BCUT2D eigenvalue weighted by atomic mass is 9.88. The number of carbonyl (C=O) groups excluding carboxylic acids is 1. The molecule has 1 aliphatic carbocycles. The first-order valence-corrected chi connectivity index (χ1v) is 11.8. The monoisotopic (exact) mass is 446 g/mol. The highest BCUT2D eigenvalue weighted by Gasteiger charge is 2.27. The van der Waals surface area contributed by atoms with Crippen molar-refractivity contribution < 1.29 is 14.3 Å². The average molecular weight is 447 g/mol. The van der Waals surface area contributed by atoms with Gasteiger partial charge in [-0.25, -0.2) is 0 Å². The molecule has 1 N–H and O–H groups in total. The van der Waals surface area contributed by atoms with Gasteiger partial charge in [-0.3, -0.25) is 9.59 Å². The Labute approximate surface area is 193 Å². The van der Waals surface area contributed by atoms with Crippen molar-refractivity contribution in [2.45, 2.75) is 59.0 Å². The van der Waals surface area contributed by atoms with Crippen LogP contribution in [0.15, 0.2) is 41.2 Å². The Hall–Kier alpha value is -3.28. The minimum atomic E-state index is -0.137. The fourth-order valence-corrected chi connectivity index (χ4v) is 5.13. The van der Waals surface area contributed by atoms with Crippen molar-refractivity contribution in [1.82, 2.24) is 9.88 Å². The van der Waals surface area contributed by atoms with Crippen LogP contribution in [0.25, 0.3) is 10.9 Å². The third kappa shape index (κ3) is 4.47. The third-order valence-corrected chi connectivity index (χ3v) is 6.81. The van der Waals surface area contributed by atoms with E-state index in [4.69, 9.17) is 9.47 Å². The fourth-order valence-electron chi connectivity index (χ4n) is 5.13. The van der Waals surface area contributed by atoms with Gasteiger partial charge in [0.05, 0.1) is 12.1 Å². The van der Waals surface area contributed by atoms with E-state index in [-0.39, 0.29) is 30.7 Å². The summed E-state index contributed by atoms with van der Waals surface area (Å²) in [7, 11) is 0. The zero-order chi connectivity index (χ0) is 22.9. The number of fused-ring (bicyclic) bond motifs is 2. The van der Waals surface area contributed by atoms with Crippen LogP contribution < -0.4 is 15.0 Å². The molecule has 0 saturated heterocycles. The van der Waals surface area contributed by atoms with Crippen molar-refractivity contribution in [2.75, 3.05) is 6.79 Å². The lowest BCUT2D eigenvalue weighted by molar-refractivity contribution is -0.137. The molecular formula is C27H30N2O4. The molecule has 6 heteroatoms. The van der Waals surface area contributed by atoms with Gasteiger partial charge in [0.25, 0.3) is 5.56 Å². The predicted molar refractivity (Wildman–Crippen MR) is 127 cm³/mol. The minimum Gasteiger partial charge on any atom is -0.454 e. The molecule has 5 rings (SSSR count). The van der Waals surface area contributed by atoms with Crippen LogP contribution in [0, 0.1) is 19.8 Å². The van der Waals surface area contributed by atoms with Gasteiger partial charge in [-0.1, -0.05) is 37.0 Å². The molecule has 0 bridgehead atoms. The van der Waals surface area contributed by atoms with Crippen LogP contribution >= 0.6 is 0 Å². The zero-order valence-corrected chi connectivity index (χ0v) is 19.3. The van der Waals surface area contributed by atoms with E-state index in [1.165, 1.54) is 6.42 Å². The Bertz CT molecular complexity index is 1260. The number of aromatic nitrogens is 1. The van der Waals surface area contributed by atoms with Crippen LogP contribution in [-0.4, -0.2) is 22.6 Å². The molecule has 3 aromatic rings. The van der Waals surface area contributed by atoms with Crippen LogP contribution in [0.4, 0.5) is 0 Å². The Balaban J connectivity index is 1.48. The maximum absolute atomic E-state index is 13.6. The van der Waals surface area contributed by atoms with Gasteiger partial charge < -0.3 is 19.4 Å². The molecule has 0 atom stereocenters. The summed E-state index contributed by atoms with van der Waals surface area (Å²) < 4.78 is 10.9. The van der Waals surface area contributed by atoms with E-state index in [2.05, 4.69) is 24.0 Å². The number of nitrogens with zero attached hydrogens (tertiary/aromatic N) is 1. The smallest absolute Gasteiger partial charge is 0.253 e. The number of ether oxygens (including phenoxy) is 2. The van der Waals surface area contributed by atoms with E-state index in [0.29, 0.717) is 17.9 Å². The number of aryl methyl sites for hydroxylation is 2. The molecule has 2 aromatic carbocycles. The molecule has 2 heterocycles. The molecule has 1 aromatic heterocycles. The number of nitrogens with one attached hydrogen (secondary N) is 1. The Morgan fingerprint density at radius 1 is 1.00 bits per heavy atom. The quantitative estimate of drug-likeness (QED) is 0.600. The van der Waals surface area contributed by atoms with Crippen molar-refractivity contribution in [1.29, 1.82) is 0 Å². The fraction of sp³-hybridized carbons (Fsp3) is 0.407. The highest BCUT2D eigenvalue weighted by atomic mass is 16.7. The van der Waals surface area contributed by atoms with Crippen LogP contribution in [-0.2, 0) is 17.9 Å². The third-order valence-electron chi connectivity index (χ3n) is 6.81. The van der Waals surface area contributed by atoms with Gasteiger partial charge in [-0.15, -0.1) is 0 Å². The highest BCUT2D eigenvalue weighted by molar-refractivity contribution is 5.83. The molecule has 0 unspecified atom stereocenters. The number of pyridine rings is 1. The van der Waals surface area contributed by atoms with E-state index in [0.717, 1.165) is 59.0 Å². The average Bonchev–Trinajstić information content (AvgIpc) is 3.28. The number of H-pyrrole nitrogens is 1. The summed E-state index contributed by atoms with van der Waals surface area (Å²) in [6.07, 6.45) is 5.20. The second-order valence-corrected chi connectivity index (χ2v) is 9.39. The predicted octanol–water partition coefficient (Wildman–Crippen LogP) is 4.98. The Kier molecular flexibility index (Phi) is 5.83. The largest absolute Gasteiger partial charge is 0.454 e. The van der Waals surface area contributed by atoms with Crippen LogP contribution in [0.3, 0.4) is 0 Å².